The van der Waals surface area contributed by atoms with Gasteiger partial charge in [-0.05, 0) is 30.3 Å². The minimum Gasteiger partial charge on any atom is -0.496 e. The number of amides is 1. The van der Waals surface area contributed by atoms with Crippen LogP contribution in [0.2, 0.25) is 0 Å². The van der Waals surface area contributed by atoms with Crippen LogP contribution in [0.5, 0.6) is 5.75 Å². The molecule has 2 aromatic rings. The molecule has 0 aliphatic rings. The molecule has 0 radical (unpaired) electrons. The maximum Gasteiger partial charge on any atom is 0.253 e. The van der Waals surface area contributed by atoms with Gasteiger partial charge in [-0.3, -0.25) is 4.79 Å². The summed E-state index contributed by atoms with van der Waals surface area (Å²) in [7, 11) is 5.09. The average Bonchev–Trinajstić information content (AvgIpc) is 2.49. The van der Waals surface area contributed by atoms with Crippen molar-refractivity contribution < 1.29 is 9.53 Å². The Labute approximate surface area is 128 Å². The molecule has 0 aliphatic heterocycles. The molecule has 0 atom stereocenters. The lowest BCUT2D eigenvalue weighted by molar-refractivity contribution is 0.0827. The molecule has 110 valence electrons. The first kappa shape index (κ1) is 15.3. The van der Waals surface area contributed by atoms with Crippen molar-refractivity contribution in [1.29, 1.82) is 0 Å². The zero-order valence-electron chi connectivity index (χ0n) is 12.3. The summed E-state index contributed by atoms with van der Waals surface area (Å²) in [6, 6.07) is 13.0. The Morgan fingerprint density at radius 2 is 1.86 bits per heavy atom. The van der Waals surface area contributed by atoms with Gasteiger partial charge in [0, 0.05) is 30.2 Å². The van der Waals surface area contributed by atoms with Crippen LogP contribution in [0.3, 0.4) is 0 Å². The number of para-hydroxylation sites is 1. The van der Waals surface area contributed by atoms with Crippen LogP contribution in [-0.4, -0.2) is 32.0 Å². The molecular weight excluding hydrogens is 284 g/mol. The largest absolute Gasteiger partial charge is 0.496 e. The number of methoxy groups -OCH3 is 1. The zero-order valence-corrected chi connectivity index (χ0v) is 13.1. The number of nitrogens with two attached hydrogens (primary N) is 1. The van der Waals surface area contributed by atoms with Crippen LogP contribution in [0.4, 0.5) is 5.69 Å². The highest BCUT2D eigenvalue weighted by Gasteiger charge is 2.12. The molecule has 0 bridgehead atoms. The summed E-state index contributed by atoms with van der Waals surface area (Å²) >= 11 is 1.49. The summed E-state index contributed by atoms with van der Waals surface area (Å²) < 4.78 is 5.34. The molecule has 0 unspecified atom stereocenters. The lowest BCUT2D eigenvalue weighted by atomic mass is 10.2. The van der Waals surface area contributed by atoms with Gasteiger partial charge < -0.3 is 15.4 Å². The highest BCUT2D eigenvalue weighted by molar-refractivity contribution is 7.99. The van der Waals surface area contributed by atoms with Gasteiger partial charge in [0.1, 0.15) is 5.75 Å². The number of rotatable bonds is 4. The van der Waals surface area contributed by atoms with Crippen LogP contribution < -0.4 is 10.5 Å². The van der Waals surface area contributed by atoms with Crippen molar-refractivity contribution in [1.82, 2.24) is 4.90 Å². The number of benzene rings is 2. The second-order valence-corrected chi connectivity index (χ2v) is 5.79. The third kappa shape index (κ3) is 3.49. The Hall–Kier alpha value is -2.14. The molecule has 0 aromatic heterocycles. The van der Waals surface area contributed by atoms with Gasteiger partial charge in [0.15, 0.2) is 0 Å². The number of nitrogen functional groups attached to an aromatic ring is 1. The predicted molar refractivity (Wildman–Crippen MR) is 86.0 cm³/mol. The quantitative estimate of drug-likeness (QED) is 0.882. The number of ether oxygens (including phenoxy) is 1. The van der Waals surface area contributed by atoms with Gasteiger partial charge in [0.2, 0.25) is 0 Å². The average molecular weight is 302 g/mol. The molecule has 0 fully saturated rings. The van der Waals surface area contributed by atoms with Crippen LogP contribution in [0.1, 0.15) is 10.4 Å². The molecule has 0 aliphatic carbocycles. The Morgan fingerprint density at radius 3 is 2.52 bits per heavy atom. The standard InChI is InChI=1S/C16H18N2O2S/c1-18(2)16(19)11-8-9-12(17)15(10-11)21-14-7-5-4-6-13(14)20-3/h4-10H,17H2,1-3H3. The van der Waals surface area contributed by atoms with Crippen molar-refractivity contribution in [3.63, 3.8) is 0 Å². The van der Waals surface area contributed by atoms with Crippen molar-refractivity contribution in [2.24, 2.45) is 0 Å². The second kappa shape index (κ2) is 6.54. The van der Waals surface area contributed by atoms with Crippen LogP contribution in [0, 0.1) is 0 Å². The monoisotopic (exact) mass is 302 g/mol. The lowest BCUT2D eigenvalue weighted by Gasteiger charge is -2.13. The molecule has 4 nitrogen and oxygen atoms in total. The van der Waals surface area contributed by atoms with Crippen molar-refractivity contribution in [2.45, 2.75) is 9.79 Å². The molecule has 2 rings (SSSR count). The van der Waals surface area contributed by atoms with E-state index in [0.717, 1.165) is 15.5 Å². The molecule has 0 saturated carbocycles. The van der Waals surface area contributed by atoms with E-state index in [1.165, 1.54) is 11.8 Å². The van der Waals surface area contributed by atoms with Crippen molar-refractivity contribution in [2.75, 3.05) is 26.9 Å². The Kier molecular flexibility index (Phi) is 4.75. The Morgan fingerprint density at radius 1 is 1.14 bits per heavy atom. The molecule has 0 spiro atoms. The van der Waals surface area contributed by atoms with Gasteiger partial charge >= 0.3 is 0 Å². The van der Waals surface area contributed by atoms with Gasteiger partial charge in [0.25, 0.3) is 5.91 Å². The molecule has 1 amide bonds. The highest BCUT2D eigenvalue weighted by Crippen LogP contribution is 2.37. The van der Waals surface area contributed by atoms with Crippen molar-refractivity contribution in [3.8, 4) is 5.75 Å². The number of hydrogen-bond donors (Lipinski definition) is 1. The molecule has 0 saturated heterocycles. The third-order valence-corrected chi connectivity index (χ3v) is 4.09. The number of nitrogens with zero attached hydrogens (tertiary/aromatic N) is 1. The summed E-state index contributed by atoms with van der Waals surface area (Å²) in [6.07, 6.45) is 0. The maximum absolute atomic E-state index is 12.0. The number of anilines is 1. The van der Waals surface area contributed by atoms with Crippen LogP contribution in [-0.2, 0) is 0 Å². The van der Waals surface area contributed by atoms with E-state index in [2.05, 4.69) is 0 Å². The van der Waals surface area contributed by atoms with Gasteiger partial charge in [-0.1, -0.05) is 23.9 Å². The molecule has 21 heavy (non-hydrogen) atoms. The topological polar surface area (TPSA) is 55.6 Å². The highest BCUT2D eigenvalue weighted by atomic mass is 32.2. The number of hydrogen-bond acceptors (Lipinski definition) is 4. The van der Waals surface area contributed by atoms with Crippen molar-refractivity contribution >= 4 is 23.4 Å². The minimum absolute atomic E-state index is 0.0446. The van der Waals surface area contributed by atoms with Gasteiger partial charge in [-0.15, -0.1) is 0 Å². The summed E-state index contributed by atoms with van der Waals surface area (Å²) in [5.41, 5.74) is 7.28. The number of carbonyl (C=O) groups is 1. The fraction of sp³-hybridized carbons (Fsp3) is 0.188. The van der Waals surface area contributed by atoms with E-state index >= 15 is 0 Å². The Bertz CT molecular complexity index is 656. The molecule has 0 heterocycles. The normalized spacial score (nSPS) is 10.2. The zero-order chi connectivity index (χ0) is 15.4. The first-order chi connectivity index (χ1) is 10.0. The van der Waals surface area contributed by atoms with Gasteiger partial charge in [0.05, 0.1) is 12.0 Å². The number of carbonyl (C=O) groups excluding carboxylic acids is 1. The predicted octanol–water partition coefficient (Wildman–Crippen LogP) is 3.13. The lowest BCUT2D eigenvalue weighted by Crippen LogP contribution is -2.21. The molecule has 5 heteroatoms. The van der Waals surface area contributed by atoms with Crippen LogP contribution in [0.25, 0.3) is 0 Å². The fourth-order valence-electron chi connectivity index (χ4n) is 1.84. The molecular formula is C16H18N2O2S. The van der Waals surface area contributed by atoms with E-state index in [1.807, 2.05) is 30.3 Å². The van der Waals surface area contributed by atoms with Crippen LogP contribution >= 0.6 is 11.8 Å². The summed E-state index contributed by atoms with van der Waals surface area (Å²) in [4.78, 5) is 15.4. The summed E-state index contributed by atoms with van der Waals surface area (Å²) in [5, 5.41) is 0. The maximum atomic E-state index is 12.0. The van der Waals surface area contributed by atoms with Crippen molar-refractivity contribution in [3.05, 3.63) is 48.0 Å². The SMILES string of the molecule is COc1ccccc1Sc1cc(C(=O)N(C)C)ccc1N. The summed E-state index contributed by atoms with van der Waals surface area (Å²) in [6.45, 7) is 0. The second-order valence-electron chi connectivity index (χ2n) is 4.71. The van der Waals surface area contributed by atoms with E-state index in [-0.39, 0.29) is 5.91 Å². The third-order valence-electron chi connectivity index (χ3n) is 2.96. The minimum atomic E-state index is -0.0446. The van der Waals surface area contributed by atoms with E-state index in [0.29, 0.717) is 11.3 Å². The van der Waals surface area contributed by atoms with Gasteiger partial charge in [-0.25, -0.2) is 0 Å². The fourth-order valence-corrected chi connectivity index (χ4v) is 2.84. The Balaban J connectivity index is 2.35. The van der Waals surface area contributed by atoms with Gasteiger partial charge in [-0.2, -0.15) is 0 Å². The smallest absolute Gasteiger partial charge is 0.253 e. The first-order valence-corrected chi connectivity index (χ1v) is 7.26. The molecule has 2 N–H and O–H groups in total. The molecule has 2 aromatic carbocycles. The van der Waals surface area contributed by atoms with E-state index < -0.39 is 0 Å². The van der Waals surface area contributed by atoms with E-state index in [9.17, 15) is 4.79 Å². The van der Waals surface area contributed by atoms with E-state index in [4.69, 9.17) is 10.5 Å². The first-order valence-electron chi connectivity index (χ1n) is 6.45. The van der Waals surface area contributed by atoms with Crippen LogP contribution in [0.15, 0.2) is 52.3 Å². The summed E-state index contributed by atoms with van der Waals surface area (Å²) in [5.74, 6) is 0.739. The van der Waals surface area contributed by atoms with E-state index in [1.54, 1.807) is 38.2 Å².